The van der Waals surface area contributed by atoms with Gasteiger partial charge in [0.05, 0.1) is 0 Å². The Kier molecular flexibility index (Phi) is 5.38. The first-order valence-corrected chi connectivity index (χ1v) is 10.3. The number of pyridine rings is 2. The minimum atomic E-state index is -3.57. The van der Waals surface area contributed by atoms with Crippen LogP contribution < -0.4 is 15.9 Å². The average molecular weight is 422 g/mol. The molecule has 10 heteroatoms. The van der Waals surface area contributed by atoms with Gasteiger partial charge >= 0.3 is 0 Å². The van der Waals surface area contributed by atoms with Crippen molar-refractivity contribution < 1.29 is 21.9 Å². The maximum Gasteiger partial charge on any atom is 0.258 e. The van der Waals surface area contributed by atoms with Crippen LogP contribution in [0.3, 0.4) is 0 Å². The van der Waals surface area contributed by atoms with Crippen molar-refractivity contribution in [2.24, 2.45) is 0 Å². The van der Waals surface area contributed by atoms with Crippen LogP contribution in [0.1, 0.15) is 5.56 Å². The third-order valence-electron chi connectivity index (χ3n) is 3.95. The molecule has 3 aromatic rings. The Labute approximate surface area is 164 Å². The lowest BCUT2D eigenvalue weighted by atomic mass is 10.2. The van der Waals surface area contributed by atoms with Crippen molar-refractivity contribution in [3.8, 4) is 17.2 Å². The molecular weight excluding hydrogens is 406 g/mol. The molecule has 2 aromatic heterocycles. The predicted octanol–water partition coefficient (Wildman–Crippen LogP) is 2.38. The Hall–Kier alpha value is -3.27. The first-order chi connectivity index (χ1) is 13.5. The fraction of sp³-hybridized carbons (Fsp3) is 0.158. The molecule has 3 rings (SSSR count). The average Bonchev–Trinajstić information content (AvgIpc) is 2.61. The minimum absolute atomic E-state index is 0.0191. The molecule has 0 amide bonds. The molecule has 29 heavy (non-hydrogen) atoms. The van der Waals surface area contributed by atoms with Crippen LogP contribution in [-0.4, -0.2) is 23.8 Å². The second-order valence-corrected chi connectivity index (χ2v) is 8.54. The van der Waals surface area contributed by atoms with Gasteiger partial charge in [-0.2, -0.15) is 0 Å². The summed E-state index contributed by atoms with van der Waals surface area (Å²) in [7, 11) is -3.57. The van der Waals surface area contributed by atoms with Crippen molar-refractivity contribution in [2.75, 3.05) is 6.26 Å². The summed E-state index contributed by atoms with van der Waals surface area (Å²) < 4.78 is 57.9. The quantitative estimate of drug-likeness (QED) is 0.630. The molecule has 0 fully saturated rings. The van der Waals surface area contributed by atoms with Gasteiger partial charge in [-0.1, -0.05) is 6.07 Å². The molecular formula is C19H16F2N2O5S. The molecule has 0 saturated carbocycles. The van der Waals surface area contributed by atoms with Crippen LogP contribution in [0.2, 0.25) is 0 Å². The van der Waals surface area contributed by atoms with Crippen molar-refractivity contribution >= 4 is 9.84 Å². The van der Waals surface area contributed by atoms with Gasteiger partial charge in [0.15, 0.2) is 27.2 Å². The zero-order valence-electron chi connectivity index (χ0n) is 15.4. The van der Waals surface area contributed by atoms with Crippen LogP contribution >= 0.6 is 0 Å². The highest BCUT2D eigenvalue weighted by atomic mass is 32.2. The molecule has 0 bridgehead atoms. The summed E-state index contributed by atoms with van der Waals surface area (Å²) >= 11 is 0. The molecule has 0 saturated heterocycles. The number of aryl methyl sites for hydroxylation is 1. The molecule has 0 radical (unpaired) electrons. The lowest BCUT2D eigenvalue weighted by Crippen LogP contribution is -2.26. The second-order valence-electron chi connectivity index (χ2n) is 6.43. The van der Waals surface area contributed by atoms with E-state index in [0.717, 1.165) is 39.8 Å². The van der Waals surface area contributed by atoms with E-state index in [4.69, 9.17) is 4.74 Å². The fourth-order valence-electron chi connectivity index (χ4n) is 2.63. The van der Waals surface area contributed by atoms with Crippen LogP contribution in [0.25, 0.3) is 5.69 Å². The molecule has 152 valence electrons. The van der Waals surface area contributed by atoms with Crippen molar-refractivity contribution in [3.05, 3.63) is 86.7 Å². The van der Waals surface area contributed by atoms with E-state index in [2.05, 4.69) is 0 Å². The second kappa shape index (κ2) is 7.63. The number of nitrogens with zero attached hydrogens (tertiary/aromatic N) is 2. The minimum Gasteiger partial charge on any atom is -0.452 e. The molecule has 0 atom stereocenters. The van der Waals surface area contributed by atoms with E-state index in [1.807, 2.05) is 0 Å². The van der Waals surface area contributed by atoms with Gasteiger partial charge in [-0.3, -0.25) is 18.7 Å². The number of hydrogen-bond donors (Lipinski definition) is 0. The maximum absolute atomic E-state index is 14.0. The van der Waals surface area contributed by atoms with Crippen LogP contribution in [0.15, 0.2) is 58.4 Å². The molecule has 0 unspecified atom stereocenters. The lowest BCUT2D eigenvalue weighted by Gasteiger charge is -2.16. The van der Waals surface area contributed by atoms with Gasteiger partial charge in [-0.15, -0.1) is 0 Å². The summed E-state index contributed by atoms with van der Waals surface area (Å²) in [6.45, 7) is 1.57. The summed E-state index contributed by atoms with van der Waals surface area (Å²) in [6.07, 6.45) is 3.49. The summed E-state index contributed by atoms with van der Waals surface area (Å²) in [5, 5.41) is 0. The zero-order valence-corrected chi connectivity index (χ0v) is 16.2. The number of hydrogen-bond acceptors (Lipinski definition) is 5. The summed E-state index contributed by atoms with van der Waals surface area (Å²) in [6, 6.07) is 6.71. The molecule has 0 aliphatic rings. The first-order valence-electron chi connectivity index (χ1n) is 8.29. The number of benzene rings is 1. The molecule has 0 aliphatic heterocycles. The topological polar surface area (TPSA) is 87.4 Å². The van der Waals surface area contributed by atoms with E-state index in [1.165, 1.54) is 6.20 Å². The van der Waals surface area contributed by atoms with Gasteiger partial charge in [0.25, 0.3) is 11.1 Å². The van der Waals surface area contributed by atoms with Gasteiger partial charge in [0, 0.05) is 36.3 Å². The molecule has 0 spiro atoms. The van der Waals surface area contributed by atoms with E-state index < -0.39 is 38.5 Å². The van der Waals surface area contributed by atoms with Crippen molar-refractivity contribution in [1.82, 2.24) is 9.13 Å². The van der Waals surface area contributed by atoms with Crippen LogP contribution in [0, 0.1) is 18.6 Å². The van der Waals surface area contributed by atoms with Crippen molar-refractivity contribution in [1.29, 1.82) is 0 Å². The highest BCUT2D eigenvalue weighted by molar-refractivity contribution is 7.89. The monoisotopic (exact) mass is 422 g/mol. The Morgan fingerprint density at radius 1 is 1.07 bits per heavy atom. The number of halogens is 2. The van der Waals surface area contributed by atoms with Gasteiger partial charge in [-0.25, -0.2) is 17.2 Å². The molecule has 7 nitrogen and oxygen atoms in total. The summed E-state index contributed by atoms with van der Waals surface area (Å²) in [5.74, 6) is -3.00. The van der Waals surface area contributed by atoms with Crippen molar-refractivity contribution in [2.45, 2.75) is 12.8 Å². The molecule has 0 aliphatic carbocycles. The number of sulfone groups is 1. The SMILES string of the molecule is Cc1cccn(-c2cn(CS(C)(=O)=O)c(=O)cc2Oc2ccc(F)cc2F)c1=O. The van der Waals surface area contributed by atoms with E-state index in [-0.39, 0.29) is 17.2 Å². The normalized spacial score (nSPS) is 11.4. The number of ether oxygens (including phenoxy) is 1. The Morgan fingerprint density at radius 3 is 2.45 bits per heavy atom. The summed E-state index contributed by atoms with van der Waals surface area (Å²) in [4.78, 5) is 24.9. The van der Waals surface area contributed by atoms with E-state index in [1.54, 1.807) is 19.1 Å². The Balaban J connectivity index is 2.24. The molecule has 0 N–H and O–H groups in total. The molecule has 2 heterocycles. The van der Waals surface area contributed by atoms with Gasteiger partial charge in [-0.05, 0) is 25.1 Å². The first kappa shape index (κ1) is 20.5. The lowest BCUT2D eigenvalue weighted by molar-refractivity contribution is 0.433. The number of rotatable bonds is 5. The van der Waals surface area contributed by atoms with Gasteiger partial charge < -0.3 is 4.74 Å². The highest BCUT2D eigenvalue weighted by Crippen LogP contribution is 2.28. The largest absolute Gasteiger partial charge is 0.452 e. The van der Waals surface area contributed by atoms with E-state index >= 15 is 0 Å². The third-order valence-corrected chi connectivity index (χ3v) is 4.70. The van der Waals surface area contributed by atoms with Crippen LogP contribution in [-0.2, 0) is 15.7 Å². The Bertz CT molecular complexity index is 1310. The van der Waals surface area contributed by atoms with Gasteiger partial charge in [0.1, 0.15) is 17.4 Å². The standard InChI is InChI=1S/C19H16F2N2O5S/c1-12-4-3-7-23(19(12)25)15-10-22(11-29(2,26)27)18(24)9-17(15)28-16-6-5-13(20)8-14(16)21/h3-10H,11H2,1-2H3. The maximum atomic E-state index is 14.0. The van der Waals surface area contributed by atoms with Crippen LogP contribution in [0.4, 0.5) is 8.78 Å². The van der Waals surface area contributed by atoms with Crippen molar-refractivity contribution in [3.63, 3.8) is 0 Å². The fourth-order valence-corrected chi connectivity index (χ4v) is 3.34. The highest BCUT2D eigenvalue weighted by Gasteiger charge is 2.17. The summed E-state index contributed by atoms with van der Waals surface area (Å²) in [5.41, 5.74) is -0.781. The van der Waals surface area contributed by atoms with E-state index in [0.29, 0.717) is 11.6 Å². The molecule has 1 aromatic carbocycles. The zero-order chi connectivity index (χ0) is 21.3. The Morgan fingerprint density at radius 2 is 1.79 bits per heavy atom. The van der Waals surface area contributed by atoms with Gasteiger partial charge in [0.2, 0.25) is 0 Å². The van der Waals surface area contributed by atoms with E-state index in [9.17, 15) is 26.8 Å². The number of aromatic nitrogens is 2. The smallest absolute Gasteiger partial charge is 0.258 e. The van der Waals surface area contributed by atoms with Crippen LogP contribution in [0.5, 0.6) is 11.5 Å². The third kappa shape index (κ3) is 4.60. The predicted molar refractivity (Wildman–Crippen MR) is 102 cm³/mol.